The number of rotatable bonds is 1. The summed E-state index contributed by atoms with van der Waals surface area (Å²) in [4.78, 5) is 12.3. The summed E-state index contributed by atoms with van der Waals surface area (Å²) in [6.45, 7) is 0. The SMILES string of the molecule is O=C1CC(c2ccc(O)cc2)Nc2c(Br)cc(Br)cc21. The molecule has 2 aromatic carbocycles. The molecule has 5 heteroatoms. The first-order chi connectivity index (χ1) is 9.54. The Morgan fingerprint density at radius 3 is 2.55 bits per heavy atom. The lowest BCUT2D eigenvalue weighted by Crippen LogP contribution is -2.23. The van der Waals surface area contributed by atoms with Gasteiger partial charge in [0.15, 0.2) is 5.78 Å². The van der Waals surface area contributed by atoms with Crippen molar-refractivity contribution in [2.45, 2.75) is 12.5 Å². The number of Topliss-reactive ketones (excluding diaryl/α,β-unsaturated/α-hetero) is 1. The first-order valence-electron chi connectivity index (χ1n) is 6.12. The van der Waals surface area contributed by atoms with Crippen molar-refractivity contribution in [3.05, 3.63) is 56.5 Å². The van der Waals surface area contributed by atoms with Crippen LogP contribution in [0.5, 0.6) is 5.75 Å². The van der Waals surface area contributed by atoms with E-state index in [1.165, 1.54) is 0 Å². The molecule has 1 atom stereocenters. The maximum atomic E-state index is 12.3. The highest BCUT2D eigenvalue weighted by Gasteiger charge is 2.27. The molecule has 3 nitrogen and oxygen atoms in total. The molecule has 0 fully saturated rings. The van der Waals surface area contributed by atoms with Crippen LogP contribution in [-0.4, -0.2) is 10.9 Å². The molecule has 0 aliphatic carbocycles. The highest BCUT2D eigenvalue weighted by Crippen LogP contribution is 2.39. The van der Waals surface area contributed by atoms with Crippen LogP contribution in [0.25, 0.3) is 0 Å². The smallest absolute Gasteiger partial charge is 0.167 e. The number of ketones is 1. The summed E-state index contributed by atoms with van der Waals surface area (Å²) < 4.78 is 1.74. The molecule has 0 aromatic heterocycles. The van der Waals surface area contributed by atoms with Crippen LogP contribution in [0.3, 0.4) is 0 Å². The maximum absolute atomic E-state index is 12.3. The van der Waals surface area contributed by atoms with Gasteiger partial charge in [0.25, 0.3) is 0 Å². The number of benzene rings is 2. The van der Waals surface area contributed by atoms with E-state index >= 15 is 0 Å². The monoisotopic (exact) mass is 395 g/mol. The molecular weight excluding hydrogens is 386 g/mol. The molecule has 1 heterocycles. The highest BCUT2D eigenvalue weighted by molar-refractivity contribution is 9.11. The molecule has 0 saturated heterocycles. The second-order valence-electron chi connectivity index (χ2n) is 4.73. The van der Waals surface area contributed by atoms with Crippen molar-refractivity contribution < 1.29 is 9.90 Å². The maximum Gasteiger partial charge on any atom is 0.167 e. The molecule has 0 saturated carbocycles. The van der Waals surface area contributed by atoms with E-state index in [-0.39, 0.29) is 17.6 Å². The Morgan fingerprint density at radius 2 is 1.85 bits per heavy atom. The van der Waals surface area contributed by atoms with Crippen molar-refractivity contribution in [2.75, 3.05) is 5.32 Å². The van der Waals surface area contributed by atoms with E-state index in [9.17, 15) is 9.90 Å². The Bertz CT molecular complexity index is 683. The van der Waals surface area contributed by atoms with E-state index in [2.05, 4.69) is 37.2 Å². The van der Waals surface area contributed by atoms with Crippen LogP contribution in [0, 0.1) is 0 Å². The number of fused-ring (bicyclic) bond motifs is 1. The summed E-state index contributed by atoms with van der Waals surface area (Å²) in [5.74, 6) is 0.334. The third kappa shape index (κ3) is 2.47. The standard InChI is InChI=1S/C15H11Br2NO2/c16-9-5-11-14(20)7-13(18-15(11)12(17)6-9)8-1-3-10(19)4-2-8/h1-6,13,18-19H,7H2. The lowest BCUT2D eigenvalue weighted by molar-refractivity contribution is 0.0972. The average molecular weight is 397 g/mol. The Hall–Kier alpha value is -1.33. The van der Waals surface area contributed by atoms with Crippen LogP contribution < -0.4 is 5.32 Å². The van der Waals surface area contributed by atoms with Crippen LogP contribution in [0.1, 0.15) is 28.4 Å². The molecule has 0 radical (unpaired) electrons. The van der Waals surface area contributed by atoms with Crippen LogP contribution in [0.15, 0.2) is 45.3 Å². The number of phenolic OH excluding ortho intramolecular Hbond substituents is 1. The molecule has 1 aliphatic rings. The van der Waals surface area contributed by atoms with Crippen molar-refractivity contribution in [1.29, 1.82) is 0 Å². The molecule has 3 rings (SSSR count). The van der Waals surface area contributed by atoms with Crippen molar-refractivity contribution in [3.8, 4) is 5.75 Å². The fourth-order valence-electron chi connectivity index (χ4n) is 2.37. The van der Waals surface area contributed by atoms with E-state index in [1.54, 1.807) is 12.1 Å². The van der Waals surface area contributed by atoms with Crippen molar-refractivity contribution in [1.82, 2.24) is 0 Å². The quantitative estimate of drug-likeness (QED) is 0.737. The van der Waals surface area contributed by atoms with Crippen molar-refractivity contribution in [2.24, 2.45) is 0 Å². The second kappa shape index (κ2) is 5.22. The number of nitrogens with one attached hydrogen (secondary N) is 1. The molecule has 2 N–H and O–H groups in total. The van der Waals surface area contributed by atoms with Crippen LogP contribution in [0.2, 0.25) is 0 Å². The van der Waals surface area contributed by atoms with Gasteiger partial charge in [0.2, 0.25) is 0 Å². The van der Waals surface area contributed by atoms with Gasteiger partial charge < -0.3 is 10.4 Å². The van der Waals surface area contributed by atoms with E-state index in [0.29, 0.717) is 12.0 Å². The molecular formula is C15H11Br2NO2. The zero-order chi connectivity index (χ0) is 14.3. The molecule has 0 spiro atoms. The largest absolute Gasteiger partial charge is 0.508 e. The zero-order valence-electron chi connectivity index (χ0n) is 10.4. The number of carbonyl (C=O) groups excluding carboxylic acids is 1. The number of phenols is 1. The lowest BCUT2D eigenvalue weighted by Gasteiger charge is -2.27. The van der Waals surface area contributed by atoms with E-state index < -0.39 is 0 Å². The van der Waals surface area contributed by atoms with Gasteiger partial charge in [-0.15, -0.1) is 0 Å². The molecule has 0 amide bonds. The third-order valence-corrected chi connectivity index (χ3v) is 4.44. The minimum atomic E-state index is -0.0759. The predicted molar refractivity (Wildman–Crippen MR) is 85.3 cm³/mol. The number of aromatic hydroxyl groups is 1. The normalized spacial score (nSPS) is 17.5. The van der Waals surface area contributed by atoms with Gasteiger partial charge in [-0.25, -0.2) is 0 Å². The van der Waals surface area contributed by atoms with Crippen LogP contribution >= 0.6 is 31.9 Å². The first-order valence-corrected chi connectivity index (χ1v) is 7.71. The summed E-state index contributed by atoms with van der Waals surface area (Å²) in [7, 11) is 0. The van der Waals surface area contributed by atoms with Gasteiger partial charge in [0.1, 0.15) is 5.75 Å². The van der Waals surface area contributed by atoms with Gasteiger partial charge in [-0.2, -0.15) is 0 Å². The second-order valence-corrected chi connectivity index (χ2v) is 6.50. The van der Waals surface area contributed by atoms with Crippen LogP contribution in [0.4, 0.5) is 5.69 Å². The Morgan fingerprint density at radius 1 is 1.15 bits per heavy atom. The van der Waals surface area contributed by atoms with Crippen molar-refractivity contribution >= 4 is 43.3 Å². The highest BCUT2D eigenvalue weighted by atomic mass is 79.9. The van der Waals surface area contributed by atoms with Gasteiger partial charge in [-0.05, 0) is 45.8 Å². The first kappa shape index (κ1) is 13.6. The van der Waals surface area contributed by atoms with E-state index in [4.69, 9.17) is 0 Å². The minimum absolute atomic E-state index is 0.0759. The Kier molecular flexibility index (Phi) is 3.56. The number of halogens is 2. The summed E-state index contributed by atoms with van der Waals surface area (Å²) in [6.07, 6.45) is 0.403. The molecule has 1 unspecified atom stereocenters. The molecule has 0 bridgehead atoms. The molecule has 102 valence electrons. The fourth-order valence-corrected chi connectivity index (χ4v) is 3.71. The summed E-state index contributed by atoms with van der Waals surface area (Å²) in [5, 5.41) is 12.7. The van der Waals surface area contributed by atoms with Gasteiger partial charge >= 0.3 is 0 Å². The molecule has 2 aromatic rings. The summed E-state index contributed by atoms with van der Waals surface area (Å²) in [6, 6.07) is 10.6. The third-order valence-electron chi connectivity index (χ3n) is 3.36. The van der Waals surface area contributed by atoms with E-state index in [1.807, 2.05) is 24.3 Å². The lowest BCUT2D eigenvalue weighted by atomic mass is 9.92. The minimum Gasteiger partial charge on any atom is -0.508 e. The molecule has 20 heavy (non-hydrogen) atoms. The van der Waals surface area contributed by atoms with Crippen LogP contribution in [-0.2, 0) is 0 Å². The van der Waals surface area contributed by atoms with Crippen molar-refractivity contribution in [3.63, 3.8) is 0 Å². The number of carbonyl (C=O) groups is 1. The molecule has 1 aliphatic heterocycles. The summed E-state index contributed by atoms with van der Waals surface area (Å²) >= 11 is 6.89. The van der Waals surface area contributed by atoms with Gasteiger partial charge in [-0.3, -0.25) is 4.79 Å². The van der Waals surface area contributed by atoms with Gasteiger partial charge in [0.05, 0.1) is 11.7 Å². The van der Waals surface area contributed by atoms with Gasteiger partial charge in [-0.1, -0.05) is 28.1 Å². The number of hydrogen-bond donors (Lipinski definition) is 2. The number of anilines is 1. The zero-order valence-corrected chi connectivity index (χ0v) is 13.5. The predicted octanol–water partition coefficient (Wildman–Crippen LogP) is 4.66. The topological polar surface area (TPSA) is 49.3 Å². The summed E-state index contributed by atoms with van der Waals surface area (Å²) in [5.41, 5.74) is 2.50. The Balaban J connectivity index is 2.00. The van der Waals surface area contributed by atoms with Gasteiger partial charge in [0, 0.05) is 20.9 Å². The Labute approximate surface area is 133 Å². The number of hydrogen-bond acceptors (Lipinski definition) is 3. The van der Waals surface area contributed by atoms with E-state index in [0.717, 1.165) is 20.2 Å². The fraction of sp³-hybridized carbons (Fsp3) is 0.133. The average Bonchev–Trinajstić information content (AvgIpc) is 2.40.